The Bertz CT molecular complexity index is 559. The van der Waals surface area contributed by atoms with E-state index < -0.39 is 23.0 Å². The molecule has 0 radical (unpaired) electrons. The summed E-state index contributed by atoms with van der Waals surface area (Å²) in [5.41, 5.74) is -0.183. The first kappa shape index (κ1) is 16.0. The van der Waals surface area contributed by atoms with Crippen molar-refractivity contribution in [2.75, 3.05) is 18.0 Å². The van der Waals surface area contributed by atoms with E-state index in [1.165, 1.54) is 0 Å². The van der Waals surface area contributed by atoms with Gasteiger partial charge in [0, 0.05) is 19.1 Å². The van der Waals surface area contributed by atoms with Crippen molar-refractivity contribution in [1.29, 1.82) is 0 Å². The first-order valence-corrected chi connectivity index (χ1v) is 6.59. The Balaban J connectivity index is 1.99. The SMILES string of the molecule is O=C(NC1CCCN(c2[nH]ncc2[N+](=O)[O-])CC1)C(F)(F)F. The van der Waals surface area contributed by atoms with Gasteiger partial charge in [0.25, 0.3) is 0 Å². The number of aromatic amines is 1. The number of hydrogen-bond acceptors (Lipinski definition) is 5. The smallest absolute Gasteiger partial charge is 0.351 e. The number of nitrogens with zero attached hydrogens (tertiary/aromatic N) is 3. The molecule has 1 aromatic heterocycles. The number of carbonyl (C=O) groups excluding carboxylic acids is 1. The molecule has 22 heavy (non-hydrogen) atoms. The molecule has 0 saturated carbocycles. The van der Waals surface area contributed by atoms with Crippen molar-refractivity contribution in [2.45, 2.75) is 31.5 Å². The van der Waals surface area contributed by atoms with Crippen molar-refractivity contribution in [3.8, 4) is 0 Å². The molecule has 1 aliphatic heterocycles. The molecule has 1 saturated heterocycles. The predicted octanol–water partition coefficient (Wildman–Crippen LogP) is 1.36. The molecule has 2 N–H and O–H groups in total. The number of anilines is 1. The third kappa shape index (κ3) is 3.65. The van der Waals surface area contributed by atoms with Crippen LogP contribution in [0, 0.1) is 10.1 Å². The van der Waals surface area contributed by atoms with Crippen molar-refractivity contribution in [3.63, 3.8) is 0 Å². The second kappa shape index (κ2) is 6.20. The van der Waals surface area contributed by atoms with E-state index in [4.69, 9.17) is 0 Å². The number of nitrogens with one attached hydrogen (secondary N) is 2. The van der Waals surface area contributed by atoms with Crippen LogP contribution in [0.4, 0.5) is 24.7 Å². The Morgan fingerprint density at radius 2 is 2.18 bits per heavy atom. The number of halogens is 3. The lowest BCUT2D eigenvalue weighted by molar-refractivity contribution is -0.384. The van der Waals surface area contributed by atoms with Crippen LogP contribution in [0.3, 0.4) is 0 Å². The van der Waals surface area contributed by atoms with Crippen LogP contribution in [0.5, 0.6) is 0 Å². The number of aromatic nitrogens is 2. The molecular formula is C11H14F3N5O3. The maximum Gasteiger partial charge on any atom is 0.471 e. The van der Waals surface area contributed by atoms with Gasteiger partial charge in [-0.15, -0.1) is 0 Å². The lowest BCUT2D eigenvalue weighted by Gasteiger charge is -2.20. The van der Waals surface area contributed by atoms with Crippen LogP contribution < -0.4 is 10.2 Å². The number of alkyl halides is 3. The zero-order chi connectivity index (χ0) is 16.3. The van der Waals surface area contributed by atoms with Crippen LogP contribution in [-0.4, -0.2) is 46.3 Å². The van der Waals surface area contributed by atoms with E-state index in [0.29, 0.717) is 19.4 Å². The first-order valence-electron chi connectivity index (χ1n) is 6.59. The molecule has 0 aromatic carbocycles. The molecule has 1 fully saturated rings. The highest BCUT2D eigenvalue weighted by Gasteiger charge is 2.40. The summed E-state index contributed by atoms with van der Waals surface area (Å²) in [4.78, 5) is 22.9. The summed E-state index contributed by atoms with van der Waals surface area (Å²) in [5, 5.41) is 19.0. The van der Waals surface area contributed by atoms with Gasteiger partial charge in [-0.25, -0.2) is 0 Å². The minimum Gasteiger partial charge on any atom is -0.351 e. The number of nitro groups is 1. The predicted molar refractivity (Wildman–Crippen MR) is 69.3 cm³/mol. The molecule has 122 valence electrons. The molecule has 1 unspecified atom stereocenters. The fraction of sp³-hybridized carbons (Fsp3) is 0.636. The molecule has 11 heteroatoms. The molecule has 0 aliphatic carbocycles. The summed E-state index contributed by atoms with van der Waals surface area (Å²) in [6.07, 6.45) is -2.69. The normalized spacial score (nSPS) is 19.6. The van der Waals surface area contributed by atoms with Crippen LogP contribution in [0.15, 0.2) is 6.20 Å². The van der Waals surface area contributed by atoms with E-state index >= 15 is 0 Å². The van der Waals surface area contributed by atoms with Gasteiger partial charge in [0.15, 0.2) is 0 Å². The van der Waals surface area contributed by atoms with Crippen LogP contribution in [-0.2, 0) is 4.79 Å². The Labute approximate surface area is 122 Å². The quantitative estimate of drug-likeness (QED) is 0.646. The molecular weight excluding hydrogens is 307 g/mol. The van der Waals surface area contributed by atoms with Crippen LogP contribution >= 0.6 is 0 Å². The third-order valence-corrected chi connectivity index (χ3v) is 3.43. The average Bonchev–Trinajstić information content (AvgIpc) is 2.79. The van der Waals surface area contributed by atoms with Gasteiger partial charge in [-0.2, -0.15) is 18.3 Å². The van der Waals surface area contributed by atoms with E-state index in [-0.39, 0.29) is 24.5 Å². The molecule has 1 atom stereocenters. The fourth-order valence-electron chi connectivity index (χ4n) is 2.37. The Morgan fingerprint density at radius 1 is 1.45 bits per heavy atom. The van der Waals surface area contributed by atoms with Crippen molar-refractivity contribution in [1.82, 2.24) is 15.5 Å². The molecule has 1 aliphatic rings. The average molecular weight is 321 g/mol. The summed E-state index contributed by atoms with van der Waals surface area (Å²) >= 11 is 0. The second-order valence-electron chi connectivity index (χ2n) is 4.95. The highest BCUT2D eigenvalue weighted by molar-refractivity contribution is 5.81. The van der Waals surface area contributed by atoms with Gasteiger partial charge in [-0.05, 0) is 19.3 Å². The van der Waals surface area contributed by atoms with E-state index in [9.17, 15) is 28.1 Å². The third-order valence-electron chi connectivity index (χ3n) is 3.43. The van der Waals surface area contributed by atoms with E-state index in [1.54, 1.807) is 4.90 Å². The summed E-state index contributed by atoms with van der Waals surface area (Å²) in [6, 6.07) is -0.610. The largest absolute Gasteiger partial charge is 0.471 e. The zero-order valence-corrected chi connectivity index (χ0v) is 11.4. The minimum atomic E-state index is -4.91. The molecule has 8 nitrogen and oxygen atoms in total. The maximum atomic E-state index is 12.2. The molecule has 0 bridgehead atoms. The molecule has 1 amide bonds. The van der Waals surface area contributed by atoms with Crippen molar-refractivity contribution in [3.05, 3.63) is 16.3 Å². The second-order valence-corrected chi connectivity index (χ2v) is 4.95. The maximum absolute atomic E-state index is 12.2. The van der Waals surface area contributed by atoms with E-state index in [1.807, 2.05) is 5.32 Å². The van der Waals surface area contributed by atoms with Gasteiger partial charge >= 0.3 is 17.8 Å². The van der Waals surface area contributed by atoms with Crippen molar-refractivity contribution < 1.29 is 22.9 Å². The lowest BCUT2D eigenvalue weighted by Crippen LogP contribution is -2.43. The van der Waals surface area contributed by atoms with Gasteiger partial charge in [-0.1, -0.05) is 0 Å². The number of H-pyrrole nitrogens is 1. The van der Waals surface area contributed by atoms with Crippen molar-refractivity contribution >= 4 is 17.4 Å². The summed E-state index contributed by atoms with van der Waals surface area (Å²) in [7, 11) is 0. The topological polar surface area (TPSA) is 104 Å². The van der Waals surface area contributed by atoms with Crippen LogP contribution in [0.2, 0.25) is 0 Å². The summed E-state index contributed by atoms with van der Waals surface area (Å²) in [6.45, 7) is 0.716. The highest BCUT2D eigenvalue weighted by Crippen LogP contribution is 2.27. The Kier molecular flexibility index (Phi) is 4.52. The van der Waals surface area contributed by atoms with E-state index in [0.717, 1.165) is 6.20 Å². The van der Waals surface area contributed by atoms with Crippen LogP contribution in [0.25, 0.3) is 0 Å². The summed E-state index contributed by atoms with van der Waals surface area (Å²) in [5.74, 6) is -1.73. The zero-order valence-electron chi connectivity index (χ0n) is 11.4. The van der Waals surface area contributed by atoms with Gasteiger partial charge in [0.05, 0.1) is 4.92 Å². The van der Waals surface area contributed by atoms with Gasteiger partial charge < -0.3 is 10.2 Å². The molecule has 1 aromatic rings. The van der Waals surface area contributed by atoms with E-state index in [2.05, 4.69) is 10.2 Å². The number of hydrogen-bond donors (Lipinski definition) is 2. The highest BCUT2D eigenvalue weighted by atomic mass is 19.4. The molecule has 2 heterocycles. The van der Waals surface area contributed by atoms with Crippen LogP contribution in [0.1, 0.15) is 19.3 Å². The lowest BCUT2D eigenvalue weighted by atomic mass is 10.1. The van der Waals surface area contributed by atoms with Gasteiger partial charge in [-0.3, -0.25) is 20.0 Å². The number of carbonyl (C=O) groups is 1. The molecule has 2 rings (SSSR count). The number of rotatable bonds is 3. The fourth-order valence-corrected chi connectivity index (χ4v) is 2.37. The first-order chi connectivity index (χ1) is 10.3. The molecule has 0 spiro atoms. The van der Waals surface area contributed by atoms with Crippen molar-refractivity contribution in [2.24, 2.45) is 0 Å². The standard InChI is InChI=1S/C11H14F3N5O3/c12-11(13,14)10(20)16-7-2-1-4-18(5-3-7)9-8(19(21)22)6-15-17-9/h6-7H,1-5H2,(H,15,17)(H,16,20). The Morgan fingerprint density at radius 3 is 2.82 bits per heavy atom. The monoisotopic (exact) mass is 321 g/mol. The van der Waals surface area contributed by atoms with Gasteiger partial charge in [0.1, 0.15) is 6.20 Å². The number of amides is 1. The van der Waals surface area contributed by atoms with Gasteiger partial charge in [0.2, 0.25) is 5.82 Å². The minimum absolute atomic E-state index is 0.183. The summed E-state index contributed by atoms with van der Waals surface area (Å²) < 4.78 is 36.7. The Hall–Kier alpha value is -2.33.